The number of carbonyl (C=O) groups is 1. The second kappa shape index (κ2) is 7.91. The first-order valence-corrected chi connectivity index (χ1v) is 10.7. The fourth-order valence-electron chi connectivity index (χ4n) is 3.84. The van der Waals surface area contributed by atoms with Crippen LogP contribution in [0.15, 0.2) is 17.1 Å². The van der Waals surface area contributed by atoms with Crippen molar-refractivity contribution in [3.63, 3.8) is 0 Å². The smallest absolute Gasteiger partial charge is 0.270 e. The number of nitrogens with zero attached hydrogens (tertiary/aromatic N) is 3. The molecule has 2 fully saturated rings. The second-order valence-corrected chi connectivity index (χ2v) is 9.19. The molecule has 3 heterocycles. The molecule has 2 aromatic heterocycles. The lowest BCUT2D eigenvalue weighted by Crippen LogP contribution is -2.36. The summed E-state index contributed by atoms with van der Waals surface area (Å²) < 4.78 is 8.33. The molecule has 2 aromatic rings. The Bertz CT molecular complexity index is 1040. The molecule has 4 rings (SSSR count). The molecule has 1 saturated heterocycles. The van der Waals surface area contributed by atoms with Gasteiger partial charge in [-0.05, 0) is 37.0 Å². The molecular weight excluding hydrogens is 384 g/mol. The van der Waals surface area contributed by atoms with Crippen LogP contribution in [0.3, 0.4) is 0 Å². The molecule has 0 aromatic carbocycles. The first kappa shape index (κ1) is 20.7. The number of carbonyl (C=O) groups excluding carboxylic acids is 1. The minimum atomic E-state index is -0.540. The molecule has 162 valence electrons. The zero-order valence-corrected chi connectivity index (χ0v) is 17.9. The monoisotopic (exact) mass is 414 g/mol. The first-order chi connectivity index (χ1) is 14.3. The minimum absolute atomic E-state index is 0.0157. The lowest BCUT2D eigenvalue weighted by atomic mass is 9.82. The SMILES string of the molecule is CC(C)Cn1c(=O)c(C(=O)NC2CC2)c(O)n2ncc(/C=C/C3(C)CCOCC3)c12. The maximum absolute atomic E-state index is 13.3. The molecule has 1 saturated carbocycles. The van der Waals surface area contributed by atoms with Crippen LogP contribution in [0.5, 0.6) is 5.88 Å². The van der Waals surface area contributed by atoms with Crippen LogP contribution < -0.4 is 10.9 Å². The number of ether oxygens (including phenoxy) is 1. The molecule has 0 atom stereocenters. The third kappa shape index (κ3) is 4.01. The van der Waals surface area contributed by atoms with Crippen molar-refractivity contribution in [1.29, 1.82) is 0 Å². The summed E-state index contributed by atoms with van der Waals surface area (Å²) in [4.78, 5) is 25.9. The average Bonchev–Trinajstić information content (AvgIpc) is 3.39. The Morgan fingerprint density at radius 2 is 2.10 bits per heavy atom. The van der Waals surface area contributed by atoms with E-state index < -0.39 is 17.3 Å². The molecule has 2 N–H and O–H groups in total. The van der Waals surface area contributed by atoms with Crippen molar-refractivity contribution >= 4 is 17.6 Å². The highest BCUT2D eigenvalue weighted by Gasteiger charge is 2.30. The number of aromatic hydroxyl groups is 1. The van der Waals surface area contributed by atoms with Gasteiger partial charge in [-0.2, -0.15) is 9.61 Å². The number of amides is 1. The summed E-state index contributed by atoms with van der Waals surface area (Å²) in [5.41, 5.74) is 0.525. The highest BCUT2D eigenvalue weighted by Crippen LogP contribution is 2.32. The molecule has 0 bridgehead atoms. The van der Waals surface area contributed by atoms with Gasteiger partial charge >= 0.3 is 0 Å². The van der Waals surface area contributed by atoms with Gasteiger partial charge in [0, 0.05) is 31.4 Å². The van der Waals surface area contributed by atoms with Crippen molar-refractivity contribution in [2.24, 2.45) is 11.3 Å². The summed E-state index contributed by atoms with van der Waals surface area (Å²) >= 11 is 0. The number of rotatable bonds is 6. The maximum atomic E-state index is 13.3. The maximum Gasteiger partial charge on any atom is 0.270 e. The molecule has 1 aliphatic carbocycles. The van der Waals surface area contributed by atoms with Crippen LogP contribution in [0, 0.1) is 11.3 Å². The van der Waals surface area contributed by atoms with E-state index in [2.05, 4.69) is 23.4 Å². The summed E-state index contributed by atoms with van der Waals surface area (Å²) in [7, 11) is 0. The summed E-state index contributed by atoms with van der Waals surface area (Å²) in [6.45, 7) is 8.09. The van der Waals surface area contributed by atoms with E-state index >= 15 is 0 Å². The standard InChI is InChI=1S/C22H30N4O4/c1-14(2)13-25-19-15(6-7-22(3)8-10-30-11-9-22)12-23-26(19)21(29)17(20(25)28)18(27)24-16-4-5-16/h6-7,12,14,16,29H,4-5,8-11,13H2,1-3H3,(H,24,27)/b7-6+. The molecular formula is C22H30N4O4. The number of allylic oxidation sites excluding steroid dienone is 1. The van der Waals surface area contributed by atoms with E-state index in [9.17, 15) is 14.7 Å². The Kier molecular flexibility index (Phi) is 5.44. The predicted molar refractivity (Wildman–Crippen MR) is 114 cm³/mol. The second-order valence-electron chi connectivity index (χ2n) is 9.19. The Balaban J connectivity index is 1.81. The Labute approximate surface area is 175 Å². The number of hydrogen-bond donors (Lipinski definition) is 2. The van der Waals surface area contributed by atoms with E-state index in [0.717, 1.165) is 44.5 Å². The van der Waals surface area contributed by atoms with Crippen molar-refractivity contribution in [3.8, 4) is 5.88 Å². The molecule has 0 spiro atoms. The minimum Gasteiger partial charge on any atom is -0.492 e. The van der Waals surface area contributed by atoms with E-state index in [1.165, 1.54) is 4.52 Å². The van der Waals surface area contributed by atoms with Crippen LogP contribution in [0.4, 0.5) is 0 Å². The number of fused-ring (bicyclic) bond motifs is 1. The van der Waals surface area contributed by atoms with Crippen molar-refractivity contribution in [2.75, 3.05) is 13.2 Å². The molecule has 0 radical (unpaired) electrons. The van der Waals surface area contributed by atoms with Gasteiger partial charge in [0.2, 0.25) is 5.88 Å². The quantitative estimate of drug-likeness (QED) is 0.757. The summed E-state index contributed by atoms with van der Waals surface area (Å²) in [6.07, 6.45) is 9.39. The lowest BCUT2D eigenvalue weighted by Gasteiger charge is -2.30. The van der Waals surface area contributed by atoms with Gasteiger partial charge in [-0.3, -0.25) is 14.2 Å². The van der Waals surface area contributed by atoms with Crippen LogP contribution in [0.2, 0.25) is 0 Å². The molecule has 2 aliphatic rings. The van der Waals surface area contributed by atoms with Gasteiger partial charge in [0.1, 0.15) is 5.65 Å². The zero-order valence-electron chi connectivity index (χ0n) is 17.9. The Morgan fingerprint density at radius 1 is 1.40 bits per heavy atom. The van der Waals surface area contributed by atoms with E-state index in [-0.39, 0.29) is 22.9 Å². The number of nitrogens with one attached hydrogen (secondary N) is 1. The summed E-state index contributed by atoms with van der Waals surface area (Å²) in [6, 6.07) is 0.0851. The van der Waals surface area contributed by atoms with Crippen molar-refractivity contribution in [3.05, 3.63) is 33.8 Å². The normalized spacial score (nSPS) is 19.1. The van der Waals surface area contributed by atoms with E-state index in [4.69, 9.17) is 4.74 Å². The van der Waals surface area contributed by atoms with Crippen LogP contribution >= 0.6 is 0 Å². The largest absolute Gasteiger partial charge is 0.492 e. The topological polar surface area (TPSA) is 97.9 Å². The highest BCUT2D eigenvalue weighted by molar-refractivity contribution is 5.96. The van der Waals surface area contributed by atoms with Crippen LogP contribution in [-0.2, 0) is 11.3 Å². The van der Waals surface area contributed by atoms with Crippen LogP contribution in [0.25, 0.3) is 11.7 Å². The fraction of sp³-hybridized carbons (Fsp3) is 0.591. The van der Waals surface area contributed by atoms with Crippen molar-refractivity contribution in [2.45, 2.75) is 59.0 Å². The molecule has 8 heteroatoms. The van der Waals surface area contributed by atoms with Gasteiger partial charge in [0.25, 0.3) is 11.5 Å². The Morgan fingerprint density at radius 3 is 2.73 bits per heavy atom. The molecule has 30 heavy (non-hydrogen) atoms. The van der Waals surface area contributed by atoms with Crippen molar-refractivity contribution in [1.82, 2.24) is 19.5 Å². The zero-order chi connectivity index (χ0) is 21.5. The molecule has 1 amide bonds. The van der Waals surface area contributed by atoms with Crippen LogP contribution in [0.1, 0.15) is 62.4 Å². The lowest BCUT2D eigenvalue weighted by molar-refractivity contribution is 0.0452. The van der Waals surface area contributed by atoms with Gasteiger partial charge < -0.3 is 15.2 Å². The van der Waals surface area contributed by atoms with Crippen molar-refractivity contribution < 1.29 is 14.6 Å². The predicted octanol–water partition coefficient (Wildman–Crippen LogP) is 2.58. The van der Waals surface area contributed by atoms with Gasteiger partial charge in [0.05, 0.1) is 6.20 Å². The van der Waals surface area contributed by atoms with E-state index in [1.807, 2.05) is 19.9 Å². The first-order valence-electron chi connectivity index (χ1n) is 10.7. The fourth-order valence-corrected chi connectivity index (χ4v) is 3.84. The Hall–Kier alpha value is -2.61. The van der Waals surface area contributed by atoms with Gasteiger partial charge in [-0.25, -0.2) is 0 Å². The number of aromatic nitrogens is 3. The molecule has 1 aliphatic heterocycles. The van der Waals surface area contributed by atoms with Gasteiger partial charge in [-0.1, -0.05) is 32.9 Å². The molecule has 0 unspecified atom stereocenters. The summed E-state index contributed by atoms with van der Waals surface area (Å²) in [5, 5.41) is 17.9. The van der Waals surface area contributed by atoms with E-state index in [0.29, 0.717) is 12.2 Å². The highest BCUT2D eigenvalue weighted by atomic mass is 16.5. The third-order valence-corrected chi connectivity index (χ3v) is 5.90. The molecule has 8 nitrogen and oxygen atoms in total. The third-order valence-electron chi connectivity index (χ3n) is 5.90. The summed E-state index contributed by atoms with van der Waals surface area (Å²) in [5.74, 6) is -0.776. The number of hydrogen-bond acceptors (Lipinski definition) is 5. The van der Waals surface area contributed by atoms with E-state index in [1.54, 1.807) is 10.8 Å². The average molecular weight is 415 g/mol. The van der Waals surface area contributed by atoms with Gasteiger partial charge in [-0.15, -0.1) is 0 Å². The van der Waals surface area contributed by atoms with Crippen LogP contribution in [-0.4, -0.2) is 44.5 Å². The van der Waals surface area contributed by atoms with Gasteiger partial charge in [0.15, 0.2) is 5.56 Å².